The molecule has 1 aromatic rings. The van der Waals surface area contributed by atoms with Crippen LogP contribution in [-0.2, 0) is 14.2 Å². The van der Waals surface area contributed by atoms with Crippen molar-refractivity contribution in [2.45, 2.75) is 0 Å². The van der Waals surface area contributed by atoms with E-state index in [9.17, 15) is 19.8 Å². The Balaban J connectivity index is 2.05. The highest BCUT2D eigenvalue weighted by Gasteiger charge is 2.32. The predicted molar refractivity (Wildman–Crippen MR) is 75.2 cm³/mol. The fraction of sp³-hybridized carbons (Fsp3) is 0.333. The van der Waals surface area contributed by atoms with Gasteiger partial charge in [-0.2, -0.15) is 0 Å². The van der Waals surface area contributed by atoms with Gasteiger partial charge < -0.3 is 24.4 Å². The van der Waals surface area contributed by atoms with Gasteiger partial charge in [0.2, 0.25) is 5.78 Å². The van der Waals surface area contributed by atoms with Crippen LogP contribution in [0.4, 0.5) is 0 Å². The monoisotopic (exact) mass is 308 g/mol. The third-order valence-electron chi connectivity index (χ3n) is 3.04. The fourth-order valence-corrected chi connectivity index (χ4v) is 2.00. The molecule has 2 rings (SSSR count). The quantitative estimate of drug-likeness (QED) is 0.573. The number of ether oxygens (including phenoxy) is 3. The molecular weight excluding hydrogens is 292 g/mol. The zero-order valence-corrected chi connectivity index (χ0v) is 12.0. The zero-order valence-electron chi connectivity index (χ0n) is 12.0. The molecule has 0 heterocycles. The number of allylic oxidation sites excluding steroid dienone is 2. The Morgan fingerprint density at radius 2 is 1.59 bits per heavy atom. The summed E-state index contributed by atoms with van der Waals surface area (Å²) in [7, 11) is 1.55. The molecule has 118 valence electrons. The molecule has 7 nitrogen and oxygen atoms in total. The average Bonchev–Trinajstić information content (AvgIpc) is 2.49. The van der Waals surface area contributed by atoms with Gasteiger partial charge in [0, 0.05) is 13.2 Å². The first-order valence-corrected chi connectivity index (χ1v) is 6.61. The Labute approximate surface area is 126 Å². The van der Waals surface area contributed by atoms with Crippen molar-refractivity contribution < 1.29 is 34.0 Å². The number of carbonyl (C=O) groups excluding carboxylic acids is 2. The topological polar surface area (TPSA) is 102 Å². The van der Waals surface area contributed by atoms with Crippen LogP contribution in [-0.4, -0.2) is 55.3 Å². The maximum atomic E-state index is 12.2. The molecule has 1 aliphatic rings. The first-order chi connectivity index (χ1) is 10.6. The van der Waals surface area contributed by atoms with Crippen molar-refractivity contribution in [3.05, 3.63) is 35.1 Å². The number of carbonyl (C=O) groups is 2. The fourth-order valence-electron chi connectivity index (χ4n) is 2.00. The van der Waals surface area contributed by atoms with Crippen molar-refractivity contribution in [1.82, 2.24) is 0 Å². The van der Waals surface area contributed by atoms with Crippen LogP contribution in [0, 0.1) is 0 Å². The van der Waals surface area contributed by atoms with Gasteiger partial charge in [0.15, 0.2) is 11.5 Å². The third-order valence-corrected chi connectivity index (χ3v) is 3.04. The second-order valence-corrected chi connectivity index (χ2v) is 4.51. The minimum Gasteiger partial charge on any atom is -0.507 e. The molecule has 1 aliphatic carbocycles. The Hall–Kier alpha value is -2.38. The van der Waals surface area contributed by atoms with E-state index in [4.69, 9.17) is 14.2 Å². The molecule has 2 N–H and O–H groups in total. The van der Waals surface area contributed by atoms with Crippen LogP contribution in [0.5, 0.6) is 11.5 Å². The molecule has 7 heteroatoms. The van der Waals surface area contributed by atoms with Gasteiger partial charge in [-0.15, -0.1) is 0 Å². The number of methoxy groups -OCH3 is 1. The van der Waals surface area contributed by atoms with Gasteiger partial charge in [-0.3, -0.25) is 9.59 Å². The highest BCUT2D eigenvalue weighted by molar-refractivity contribution is 6.25. The van der Waals surface area contributed by atoms with Gasteiger partial charge in [-0.25, -0.2) is 0 Å². The van der Waals surface area contributed by atoms with E-state index in [2.05, 4.69) is 0 Å². The van der Waals surface area contributed by atoms with Crippen molar-refractivity contribution in [3.63, 3.8) is 0 Å². The number of phenolic OH excluding ortho intramolecular Hbond substituents is 2. The van der Waals surface area contributed by atoms with E-state index in [-0.39, 0.29) is 41.6 Å². The molecule has 0 saturated heterocycles. The summed E-state index contributed by atoms with van der Waals surface area (Å²) in [4.78, 5) is 24.2. The summed E-state index contributed by atoms with van der Waals surface area (Å²) in [6.07, 6.45) is 0.999. The average molecular weight is 308 g/mol. The molecule has 0 spiro atoms. The molecule has 0 radical (unpaired) electrons. The molecule has 0 atom stereocenters. The molecular formula is C15H16O7. The lowest BCUT2D eigenvalue weighted by Gasteiger charge is -2.17. The summed E-state index contributed by atoms with van der Waals surface area (Å²) in [5.74, 6) is -2.17. The molecule has 22 heavy (non-hydrogen) atoms. The Morgan fingerprint density at radius 3 is 2.27 bits per heavy atom. The first-order valence-electron chi connectivity index (χ1n) is 6.61. The van der Waals surface area contributed by atoms with Crippen molar-refractivity contribution >= 4 is 11.6 Å². The molecule has 0 saturated carbocycles. The maximum Gasteiger partial charge on any atom is 0.232 e. The minimum atomic E-state index is -0.653. The van der Waals surface area contributed by atoms with Crippen LogP contribution in [0.3, 0.4) is 0 Å². The number of rotatable bonds is 7. The smallest absolute Gasteiger partial charge is 0.232 e. The van der Waals surface area contributed by atoms with Crippen LogP contribution in [0.2, 0.25) is 0 Å². The minimum absolute atomic E-state index is 0.0729. The van der Waals surface area contributed by atoms with Gasteiger partial charge in [0.25, 0.3) is 0 Å². The molecule has 0 aromatic heterocycles. The van der Waals surface area contributed by atoms with E-state index in [0.29, 0.717) is 13.2 Å². The Bertz CT molecular complexity index is 619. The molecule has 0 amide bonds. The van der Waals surface area contributed by atoms with E-state index in [1.165, 1.54) is 0 Å². The van der Waals surface area contributed by atoms with E-state index in [1.807, 2.05) is 0 Å². The van der Waals surface area contributed by atoms with Crippen LogP contribution < -0.4 is 0 Å². The number of phenols is 2. The van der Waals surface area contributed by atoms with Crippen molar-refractivity contribution in [2.24, 2.45) is 0 Å². The summed E-state index contributed by atoms with van der Waals surface area (Å²) in [6.45, 7) is 1.13. The summed E-state index contributed by atoms with van der Waals surface area (Å²) in [5, 5.41) is 19.4. The highest BCUT2D eigenvalue weighted by Crippen LogP contribution is 2.34. The van der Waals surface area contributed by atoms with Gasteiger partial charge in [0.1, 0.15) is 18.1 Å². The molecule has 0 bridgehead atoms. The van der Waals surface area contributed by atoms with Crippen molar-refractivity contribution in [3.8, 4) is 11.5 Å². The summed E-state index contributed by atoms with van der Waals surface area (Å²) >= 11 is 0. The number of aromatic hydroxyl groups is 2. The molecule has 1 aromatic carbocycles. The number of ketones is 2. The predicted octanol–water partition coefficient (Wildman–Crippen LogP) is 1.04. The van der Waals surface area contributed by atoms with Gasteiger partial charge in [-0.1, -0.05) is 0 Å². The van der Waals surface area contributed by atoms with Crippen LogP contribution >= 0.6 is 0 Å². The van der Waals surface area contributed by atoms with E-state index < -0.39 is 11.6 Å². The van der Waals surface area contributed by atoms with Crippen LogP contribution in [0.1, 0.15) is 20.7 Å². The number of hydrogen-bond acceptors (Lipinski definition) is 7. The molecule has 0 aliphatic heterocycles. The van der Waals surface area contributed by atoms with Crippen LogP contribution in [0.25, 0.3) is 0 Å². The zero-order chi connectivity index (χ0) is 16.1. The van der Waals surface area contributed by atoms with Crippen LogP contribution in [0.15, 0.2) is 24.0 Å². The Morgan fingerprint density at radius 1 is 0.955 bits per heavy atom. The van der Waals surface area contributed by atoms with Gasteiger partial charge in [0.05, 0.1) is 30.9 Å². The summed E-state index contributed by atoms with van der Waals surface area (Å²) < 4.78 is 15.2. The Kier molecular flexibility index (Phi) is 5.13. The van der Waals surface area contributed by atoms with Gasteiger partial charge >= 0.3 is 0 Å². The van der Waals surface area contributed by atoms with E-state index in [1.54, 1.807) is 7.11 Å². The van der Waals surface area contributed by atoms with E-state index >= 15 is 0 Å². The number of Topliss-reactive ketones (excluding diaryl/α,β-unsaturated/α-hetero) is 1. The number of benzene rings is 1. The lowest BCUT2D eigenvalue weighted by Crippen LogP contribution is -2.20. The largest absolute Gasteiger partial charge is 0.507 e. The molecule has 0 unspecified atom stereocenters. The lowest BCUT2D eigenvalue weighted by atomic mass is 9.92. The highest BCUT2D eigenvalue weighted by atomic mass is 16.5. The second kappa shape index (κ2) is 7.06. The summed E-state index contributed by atoms with van der Waals surface area (Å²) in [5.41, 5.74) is -0.462. The SMILES string of the molecule is COCCOCCOC1=CC(=O)c2c(O)ccc(O)c2C1=O. The number of hydrogen-bond donors (Lipinski definition) is 2. The van der Waals surface area contributed by atoms with Crippen molar-refractivity contribution in [2.75, 3.05) is 33.5 Å². The lowest BCUT2D eigenvalue weighted by molar-refractivity contribution is 0.0394. The van der Waals surface area contributed by atoms with Crippen molar-refractivity contribution in [1.29, 1.82) is 0 Å². The summed E-state index contributed by atoms with van der Waals surface area (Å²) in [6, 6.07) is 2.30. The number of fused-ring (bicyclic) bond motifs is 1. The van der Waals surface area contributed by atoms with Gasteiger partial charge in [-0.05, 0) is 12.1 Å². The normalized spacial score (nSPS) is 13.8. The molecule has 0 fully saturated rings. The van der Waals surface area contributed by atoms with E-state index in [0.717, 1.165) is 18.2 Å². The standard InChI is InChI=1S/C15H16O7/c1-20-4-5-21-6-7-22-12-8-11(18)13-9(16)2-3-10(17)14(13)15(12)19/h2-3,8,16-17H,4-7H2,1H3. The first kappa shape index (κ1) is 16.0. The second-order valence-electron chi connectivity index (χ2n) is 4.51. The maximum absolute atomic E-state index is 12.2. The third kappa shape index (κ3) is 3.26.